The molecule has 0 fully saturated rings. The lowest BCUT2D eigenvalue weighted by Crippen LogP contribution is -2.35. The van der Waals surface area contributed by atoms with Gasteiger partial charge in [-0.05, 0) is 24.8 Å². The van der Waals surface area contributed by atoms with Crippen LogP contribution in [0.3, 0.4) is 0 Å². The molecule has 0 radical (unpaired) electrons. The molecule has 2 N–H and O–H groups in total. The van der Waals surface area contributed by atoms with E-state index in [1.165, 1.54) is 31.9 Å². The maximum atomic E-state index is 12.5. The standard InChI is InChI=1S/C20H28N4O3/c1-3-5-6-7-8-9-10-11-16(19(25)21-4-2)20(26)27-15-12-13-17-18(14-15)23-24-22-17/h4,12-14,16H,2-3,5-11H2,1H3,(H,21,25)(H,22,23,24). The molecule has 0 bridgehead atoms. The maximum absolute atomic E-state index is 12.5. The summed E-state index contributed by atoms with van der Waals surface area (Å²) < 4.78 is 5.42. The van der Waals surface area contributed by atoms with Crippen molar-refractivity contribution in [3.8, 4) is 5.75 Å². The summed E-state index contributed by atoms with van der Waals surface area (Å²) in [4.78, 5) is 24.8. The van der Waals surface area contributed by atoms with Crippen LogP contribution in [0.2, 0.25) is 0 Å². The minimum Gasteiger partial charge on any atom is -0.426 e. The molecule has 27 heavy (non-hydrogen) atoms. The Bertz CT molecular complexity index is 757. The van der Waals surface area contributed by atoms with Gasteiger partial charge in [-0.15, -0.1) is 0 Å². The molecule has 1 aromatic carbocycles. The van der Waals surface area contributed by atoms with Gasteiger partial charge < -0.3 is 10.1 Å². The summed E-state index contributed by atoms with van der Waals surface area (Å²) in [6.45, 7) is 5.68. The summed E-state index contributed by atoms with van der Waals surface area (Å²) in [6.07, 6.45) is 9.57. The molecule has 1 aromatic heterocycles. The van der Waals surface area contributed by atoms with Crippen molar-refractivity contribution in [1.82, 2.24) is 20.7 Å². The molecule has 0 aliphatic heterocycles. The fraction of sp³-hybridized carbons (Fsp3) is 0.500. The van der Waals surface area contributed by atoms with E-state index in [2.05, 4.69) is 34.2 Å². The van der Waals surface area contributed by atoms with Gasteiger partial charge in [0, 0.05) is 6.07 Å². The van der Waals surface area contributed by atoms with Crippen molar-refractivity contribution in [2.75, 3.05) is 0 Å². The van der Waals surface area contributed by atoms with E-state index in [0.29, 0.717) is 23.2 Å². The van der Waals surface area contributed by atoms with E-state index in [1.807, 2.05) is 0 Å². The molecular weight excluding hydrogens is 344 g/mol. The van der Waals surface area contributed by atoms with E-state index >= 15 is 0 Å². The van der Waals surface area contributed by atoms with Gasteiger partial charge in [-0.2, -0.15) is 15.4 Å². The number of benzene rings is 1. The number of unbranched alkanes of at least 4 members (excludes halogenated alkanes) is 6. The second kappa shape index (κ2) is 11.1. The van der Waals surface area contributed by atoms with Crippen molar-refractivity contribution in [3.05, 3.63) is 31.0 Å². The molecule has 0 saturated heterocycles. The average molecular weight is 372 g/mol. The first kappa shape index (κ1) is 20.6. The molecule has 7 nitrogen and oxygen atoms in total. The number of hydrogen-bond donors (Lipinski definition) is 2. The van der Waals surface area contributed by atoms with Crippen LogP contribution in [0.1, 0.15) is 58.3 Å². The number of aromatic nitrogens is 3. The number of rotatable bonds is 12. The molecule has 146 valence electrons. The zero-order valence-corrected chi connectivity index (χ0v) is 15.9. The highest BCUT2D eigenvalue weighted by atomic mass is 16.5. The molecule has 1 amide bonds. The zero-order valence-electron chi connectivity index (χ0n) is 15.9. The van der Waals surface area contributed by atoms with Crippen LogP contribution in [0, 0.1) is 5.92 Å². The maximum Gasteiger partial charge on any atom is 0.323 e. The van der Waals surface area contributed by atoms with Gasteiger partial charge in [0.1, 0.15) is 22.7 Å². The van der Waals surface area contributed by atoms with Crippen LogP contribution in [0.25, 0.3) is 11.0 Å². The number of carbonyl (C=O) groups excluding carboxylic acids is 2. The fourth-order valence-corrected chi connectivity index (χ4v) is 2.93. The van der Waals surface area contributed by atoms with Gasteiger partial charge in [-0.1, -0.05) is 58.4 Å². The number of ether oxygens (including phenoxy) is 1. The summed E-state index contributed by atoms with van der Waals surface area (Å²) in [6, 6.07) is 4.96. The Morgan fingerprint density at radius 1 is 1.15 bits per heavy atom. The van der Waals surface area contributed by atoms with Gasteiger partial charge in [0.2, 0.25) is 5.91 Å². The van der Waals surface area contributed by atoms with Crippen molar-refractivity contribution in [1.29, 1.82) is 0 Å². The fourth-order valence-electron chi connectivity index (χ4n) is 2.93. The van der Waals surface area contributed by atoms with Gasteiger partial charge in [0.15, 0.2) is 0 Å². The summed E-state index contributed by atoms with van der Waals surface area (Å²) >= 11 is 0. The molecule has 0 aliphatic carbocycles. The second-order valence-corrected chi connectivity index (χ2v) is 6.57. The van der Waals surface area contributed by atoms with Gasteiger partial charge in [0.05, 0.1) is 0 Å². The average Bonchev–Trinajstić information content (AvgIpc) is 3.11. The second-order valence-electron chi connectivity index (χ2n) is 6.57. The summed E-state index contributed by atoms with van der Waals surface area (Å²) in [5.41, 5.74) is 1.28. The predicted octanol–water partition coefficient (Wildman–Crippen LogP) is 3.88. The van der Waals surface area contributed by atoms with Crippen molar-refractivity contribution >= 4 is 22.9 Å². The molecular formula is C20H28N4O3. The van der Waals surface area contributed by atoms with Gasteiger partial charge in [-0.25, -0.2) is 0 Å². The summed E-state index contributed by atoms with van der Waals surface area (Å²) in [5, 5.41) is 12.9. The van der Waals surface area contributed by atoms with E-state index < -0.39 is 11.9 Å². The third kappa shape index (κ3) is 6.51. The molecule has 1 atom stereocenters. The Labute approximate surface area is 159 Å². The zero-order chi connectivity index (χ0) is 19.5. The van der Waals surface area contributed by atoms with Gasteiger partial charge in [0.25, 0.3) is 0 Å². The monoisotopic (exact) mass is 372 g/mol. The number of nitrogens with one attached hydrogen (secondary N) is 2. The van der Waals surface area contributed by atoms with E-state index in [0.717, 1.165) is 19.3 Å². The molecule has 7 heteroatoms. The summed E-state index contributed by atoms with van der Waals surface area (Å²) in [5.74, 6) is -1.46. The van der Waals surface area contributed by atoms with Crippen LogP contribution in [-0.4, -0.2) is 27.3 Å². The molecule has 2 rings (SSSR count). The largest absolute Gasteiger partial charge is 0.426 e. The number of amides is 1. The first-order valence-corrected chi connectivity index (χ1v) is 9.59. The van der Waals surface area contributed by atoms with Crippen molar-refractivity contribution in [2.45, 2.75) is 58.3 Å². The minimum absolute atomic E-state index is 0.345. The lowest BCUT2D eigenvalue weighted by Gasteiger charge is -2.14. The highest BCUT2D eigenvalue weighted by Gasteiger charge is 2.27. The topological polar surface area (TPSA) is 97.0 Å². The number of H-pyrrole nitrogens is 1. The van der Waals surface area contributed by atoms with Crippen LogP contribution in [0.15, 0.2) is 31.0 Å². The minimum atomic E-state index is -0.855. The van der Waals surface area contributed by atoms with Crippen molar-refractivity contribution < 1.29 is 14.3 Å². The number of nitrogens with zero attached hydrogens (tertiary/aromatic N) is 2. The number of carbonyl (C=O) groups is 2. The Morgan fingerprint density at radius 3 is 2.59 bits per heavy atom. The lowest BCUT2D eigenvalue weighted by molar-refractivity contribution is -0.144. The third-order valence-electron chi connectivity index (χ3n) is 4.45. The Balaban J connectivity index is 1.90. The first-order valence-electron chi connectivity index (χ1n) is 9.59. The van der Waals surface area contributed by atoms with Crippen LogP contribution in [0.4, 0.5) is 0 Å². The van der Waals surface area contributed by atoms with Gasteiger partial charge >= 0.3 is 5.97 Å². The highest BCUT2D eigenvalue weighted by molar-refractivity contribution is 5.99. The Hall–Kier alpha value is -2.70. The quantitative estimate of drug-likeness (QED) is 0.255. The molecule has 0 aliphatic rings. The van der Waals surface area contributed by atoms with E-state index in [9.17, 15) is 9.59 Å². The number of hydrogen-bond acceptors (Lipinski definition) is 5. The van der Waals surface area contributed by atoms with E-state index in [-0.39, 0.29) is 5.91 Å². The van der Waals surface area contributed by atoms with Crippen LogP contribution in [-0.2, 0) is 9.59 Å². The van der Waals surface area contributed by atoms with Gasteiger partial charge in [-0.3, -0.25) is 9.59 Å². The molecule has 1 heterocycles. The third-order valence-corrected chi connectivity index (χ3v) is 4.45. The number of esters is 1. The van der Waals surface area contributed by atoms with Crippen LogP contribution < -0.4 is 10.1 Å². The Kier molecular flexibility index (Phi) is 8.48. The SMILES string of the molecule is C=CNC(=O)C(CCCCCCCCC)C(=O)Oc1ccc2n[nH]nc2c1. The predicted molar refractivity (Wildman–Crippen MR) is 104 cm³/mol. The number of aromatic amines is 1. The highest BCUT2D eigenvalue weighted by Crippen LogP contribution is 2.20. The van der Waals surface area contributed by atoms with E-state index in [1.54, 1.807) is 18.2 Å². The Morgan fingerprint density at radius 2 is 1.85 bits per heavy atom. The molecule has 1 unspecified atom stereocenters. The van der Waals surface area contributed by atoms with Crippen molar-refractivity contribution in [2.24, 2.45) is 5.92 Å². The lowest BCUT2D eigenvalue weighted by atomic mass is 9.99. The van der Waals surface area contributed by atoms with Crippen LogP contribution in [0.5, 0.6) is 5.75 Å². The van der Waals surface area contributed by atoms with Crippen LogP contribution >= 0.6 is 0 Å². The van der Waals surface area contributed by atoms with Crippen molar-refractivity contribution in [3.63, 3.8) is 0 Å². The first-order chi connectivity index (χ1) is 13.2. The number of fused-ring (bicyclic) bond motifs is 1. The summed E-state index contributed by atoms with van der Waals surface area (Å²) in [7, 11) is 0. The normalized spacial score (nSPS) is 11.9. The smallest absolute Gasteiger partial charge is 0.323 e. The van der Waals surface area contributed by atoms with E-state index in [4.69, 9.17) is 4.74 Å². The molecule has 0 saturated carbocycles. The molecule has 0 spiro atoms. The molecule has 2 aromatic rings.